The van der Waals surface area contributed by atoms with E-state index in [4.69, 9.17) is 0 Å². The third kappa shape index (κ3) is 5.42. The standard InChI is InChI=1S/C13H19BrN2OS/c1-3-10(9-18-2)15-8-13(17)16-12-7-5-4-6-11(12)14/h4-7,10,15H,3,8-9H2,1-2H3,(H,16,17). The Kier molecular flexibility index (Phi) is 7.39. The van der Waals surface area contributed by atoms with Crippen molar-refractivity contribution in [2.75, 3.05) is 23.9 Å². The lowest BCUT2D eigenvalue weighted by Crippen LogP contribution is -2.37. The van der Waals surface area contributed by atoms with Crippen LogP contribution in [0.5, 0.6) is 0 Å². The Hall–Kier alpha value is -0.520. The number of benzene rings is 1. The second-order valence-electron chi connectivity index (χ2n) is 3.97. The van der Waals surface area contributed by atoms with Gasteiger partial charge in [-0.1, -0.05) is 19.1 Å². The zero-order valence-electron chi connectivity index (χ0n) is 10.7. The van der Waals surface area contributed by atoms with Gasteiger partial charge in [0, 0.05) is 16.3 Å². The van der Waals surface area contributed by atoms with Crippen molar-refractivity contribution in [2.24, 2.45) is 0 Å². The molecular weight excluding hydrogens is 312 g/mol. The topological polar surface area (TPSA) is 41.1 Å². The van der Waals surface area contributed by atoms with E-state index in [0.717, 1.165) is 22.3 Å². The van der Waals surface area contributed by atoms with Gasteiger partial charge in [-0.05, 0) is 40.7 Å². The third-order valence-electron chi connectivity index (χ3n) is 2.56. The quantitative estimate of drug-likeness (QED) is 0.807. The van der Waals surface area contributed by atoms with Gasteiger partial charge in [-0.15, -0.1) is 0 Å². The molecule has 2 N–H and O–H groups in total. The molecule has 1 rings (SSSR count). The van der Waals surface area contributed by atoms with Crippen molar-refractivity contribution < 1.29 is 4.79 Å². The molecule has 1 amide bonds. The molecule has 0 saturated heterocycles. The van der Waals surface area contributed by atoms with E-state index in [0.29, 0.717) is 12.6 Å². The summed E-state index contributed by atoms with van der Waals surface area (Å²) >= 11 is 5.20. The molecule has 0 aromatic heterocycles. The van der Waals surface area contributed by atoms with Crippen LogP contribution in [0, 0.1) is 0 Å². The first-order chi connectivity index (χ1) is 8.67. The van der Waals surface area contributed by atoms with Crippen molar-refractivity contribution in [3.8, 4) is 0 Å². The minimum Gasteiger partial charge on any atom is -0.324 e. The maximum Gasteiger partial charge on any atom is 0.238 e. The number of carbonyl (C=O) groups is 1. The van der Waals surface area contributed by atoms with E-state index < -0.39 is 0 Å². The van der Waals surface area contributed by atoms with Crippen LogP contribution in [0.3, 0.4) is 0 Å². The first kappa shape index (κ1) is 15.5. The number of rotatable bonds is 7. The maximum absolute atomic E-state index is 11.8. The van der Waals surface area contributed by atoms with Crippen LogP contribution in [-0.4, -0.2) is 30.5 Å². The van der Waals surface area contributed by atoms with Crippen LogP contribution in [-0.2, 0) is 4.79 Å². The highest BCUT2D eigenvalue weighted by molar-refractivity contribution is 9.10. The van der Waals surface area contributed by atoms with Crippen LogP contribution in [0.1, 0.15) is 13.3 Å². The van der Waals surface area contributed by atoms with E-state index in [-0.39, 0.29) is 5.91 Å². The number of amides is 1. The number of carbonyl (C=O) groups excluding carboxylic acids is 1. The first-order valence-corrected chi connectivity index (χ1v) is 8.12. The molecule has 1 atom stereocenters. The highest BCUT2D eigenvalue weighted by atomic mass is 79.9. The number of thioether (sulfide) groups is 1. The number of hydrogen-bond acceptors (Lipinski definition) is 3. The zero-order chi connectivity index (χ0) is 13.4. The molecule has 1 unspecified atom stereocenters. The molecular formula is C13H19BrN2OS. The summed E-state index contributed by atoms with van der Waals surface area (Å²) in [6.45, 7) is 2.47. The van der Waals surface area contributed by atoms with Gasteiger partial charge in [-0.25, -0.2) is 0 Å². The minimum atomic E-state index is -0.0125. The van der Waals surface area contributed by atoms with Crippen molar-refractivity contribution in [1.82, 2.24) is 5.32 Å². The monoisotopic (exact) mass is 330 g/mol. The lowest BCUT2D eigenvalue weighted by atomic mass is 10.2. The average molecular weight is 331 g/mol. The molecule has 3 nitrogen and oxygen atoms in total. The Morgan fingerprint density at radius 2 is 2.17 bits per heavy atom. The summed E-state index contributed by atoms with van der Waals surface area (Å²) < 4.78 is 0.898. The zero-order valence-corrected chi connectivity index (χ0v) is 13.1. The van der Waals surface area contributed by atoms with Crippen molar-refractivity contribution >= 4 is 39.3 Å². The van der Waals surface area contributed by atoms with E-state index in [1.807, 2.05) is 24.3 Å². The minimum absolute atomic E-state index is 0.0125. The van der Waals surface area contributed by atoms with Gasteiger partial charge in [0.05, 0.1) is 12.2 Å². The van der Waals surface area contributed by atoms with Crippen LogP contribution in [0.4, 0.5) is 5.69 Å². The van der Waals surface area contributed by atoms with Gasteiger partial charge in [-0.2, -0.15) is 11.8 Å². The normalized spacial score (nSPS) is 12.2. The number of para-hydroxylation sites is 1. The SMILES string of the molecule is CCC(CSC)NCC(=O)Nc1ccccc1Br. The predicted molar refractivity (Wildman–Crippen MR) is 83.2 cm³/mol. The molecule has 0 spiro atoms. The summed E-state index contributed by atoms with van der Waals surface area (Å²) in [7, 11) is 0. The number of nitrogens with one attached hydrogen (secondary N) is 2. The van der Waals surface area contributed by atoms with Gasteiger partial charge in [-0.3, -0.25) is 4.79 Å². The Morgan fingerprint density at radius 1 is 1.44 bits per heavy atom. The Bertz CT molecular complexity index is 387. The lowest BCUT2D eigenvalue weighted by molar-refractivity contribution is -0.115. The smallest absolute Gasteiger partial charge is 0.238 e. The summed E-state index contributed by atoms with van der Waals surface area (Å²) in [6.07, 6.45) is 3.11. The van der Waals surface area contributed by atoms with Crippen LogP contribution >= 0.6 is 27.7 Å². The van der Waals surface area contributed by atoms with E-state index >= 15 is 0 Å². The van der Waals surface area contributed by atoms with E-state index in [1.165, 1.54) is 0 Å². The molecule has 5 heteroatoms. The molecule has 0 aliphatic carbocycles. The summed E-state index contributed by atoms with van der Waals surface area (Å²) in [5, 5.41) is 6.14. The summed E-state index contributed by atoms with van der Waals surface area (Å²) in [5.74, 6) is 1.01. The summed E-state index contributed by atoms with van der Waals surface area (Å²) in [5.41, 5.74) is 0.808. The second kappa shape index (κ2) is 8.56. The fourth-order valence-corrected chi connectivity index (χ4v) is 2.66. The maximum atomic E-state index is 11.8. The highest BCUT2D eigenvalue weighted by Gasteiger charge is 2.08. The van der Waals surface area contributed by atoms with Crippen molar-refractivity contribution in [2.45, 2.75) is 19.4 Å². The fourth-order valence-electron chi connectivity index (χ4n) is 1.52. The second-order valence-corrected chi connectivity index (χ2v) is 5.73. The van der Waals surface area contributed by atoms with Crippen molar-refractivity contribution in [3.05, 3.63) is 28.7 Å². The van der Waals surface area contributed by atoms with E-state index in [9.17, 15) is 4.79 Å². The molecule has 0 aliphatic rings. The van der Waals surface area contributed by atoms with Gasteiger partial charge >= 0.3 is 0 Å². The molecule has 1 aromatic rings. The lowest BCUT2D eigenvalue weighted by Gasteiger charge is -2.15. The molecule has 0 saturated carbocycles. The first-order valence-electron chi connectivity index (χ1n) is 5.94. The molecule has 18 heavy (non-hydrogen) atoms. The summed E-state index contributed by atoms with van der Waals surface area (Å²) in [6, 6.07) is 8.00. The number of hydrogen-bond donors (Lipinski definition) is 2. The molecule has 100 valence electrons. The fraction of sp³-hybridized carbons (Fsp3) is 0.462. The van der Waals surface area contributed by atoms with Gasteiger partial charge in [0.1, 0.15) is 0 Å². The number of halogens is 1. The molecule has 0 bridgehead atoms. The van der Waals surface area contributed by atoms with E-state index in [2.05, 4.69) is 39.7 Å². The van der Waals surface area contributed by atoms with Gasteiger partial charge in [0.2, 0.25) is 5.91 Å². The van der Waals surface area contributed by atoms with Gasteiger partial charge in [0.25, 0.3) is 0 Å². The molecule has 0 aliphatic heterocycles. The number of anilines is 1. The van der Waals surface area contributed by atoms with Gasteiger partial charge < -0.3 is 10.6 Å². The highest BCUT2D eigenvalue weighted by Crippen LogP contribution is 2.20. The van der Waals surface area contributed by atoms with Crippen LogP contribution in [0.2, 0.25) is 0 Å². The van der Waals surface area contributed by atoms with Crippen LogP contribution in [0.15, 0.2) is 28.7 Å². The Labute approximate surface area is 121 Å². The predicted octanol–water partition coefficient (Wildman–Crippen LogP) is 3.12. The Balaban J connectivity index is 2.40. The largest absolute Gasteiger partial charge is 0.324 e. The molecule has 0 heterocycles. The van der Waals surface area contributed by atoms with Crippen LogP contribution in [0.25, 0.3) is 0 Å². The third-order valence-corrected chi connectivity index (χ3v) is 3.99. The van der Waals surface area contributed by atoms with Crippen molar-refractivity contribution in [1.29, 1.82) is 0 Å². The van der Waals surface area contributed by atoms with Crippen molar-refractivity contribution in [3.63, 3.8) is 0 Å². The van der Waals surface area contributed by atoms with Crippen LogP contribution < -0.4 is 10.6 Å². The Morgan fingerprint density at radius 3 is 2.78 bits per heavy atom. The average Bonchev–Trinajstić information content (AvgIpc) is 2.37. The molecule has 0 radical (unpaired) electrons. The van der Waals surface area contributed by atoms with Gasteiger partial charge in [0.15, 0.2) is 0 Å². The molecule has 1 aromatic carbocycles. The summed E-state index contributed by atoms with van der Waals surface area (Å²) in [4.78, 5) is 11.8. The molecule has 0 fully saturated rings. The van der Waals surface area contributed by atoms with E-state index in [1.54, 1.807) is 11.8 Å².